The maximum Gasteiger partial charge on any atom is 0.303 e. The van der Waals surface area contributed by atoms with Gasteiger partial charge in [0.1, 0.15) is 24.5 Å². The van der Waals surface area contributed by atoms with E-state index in [4.69, 9.17) is 4.74 Å². The molecule has 1 aromatic carbocycles. The van der Waals surface area contributed by atoms with Gasteiger partial charge in [0.15, 0.2) is 0 Å². The van der Waals surface area contributed by atoms with Gasteiger partial charge in [-0.25, -0.2) is 0 Å². The zero-order valence-corrected chi connectivity index (χ0v) is 26.8. The van der Waals surface area contributed by atoms with Gasteiger partial charge in [0.05, 0.1) is 12.0 Å². The highest BCUT2D eigenvalue weighted by atomic mass is 16.5. The van der Waals surface area contributed by atoms with E-state index in [1.54, 1.807) is 24.3 Å². The number of imide groups is 1. The number of anilines is 1. The minimum absolute atomic E-state index is 0.0570. The second-order valence-electron chi connectivity index (χ2n) is 11.7. The van der Waals surface area contributed by atoms with E-state index >= 15 is 0 Å². The zero-order chi connectivity index (χ0) is 35.3. The lowest BCUT2D eigenvalue weighted by molar-refractivity contribution is -0.142. The lowest BCUT2D eigenvalue weighted by Crippen LogP contribution is -2.54. The van der Waals surface area contributed by atoms with Crippen LogP contribution in [-0.4, -0.2) is 87.1 Å². The van der Waals surface area contributed by atoms with Crippen molar-refractivity contribution in [2.45, 2.75) is 84.6 Å². The highest BCUT2D eigenvalue weighted by molar-refractivity contribution is 6.13. The SMILES string of the molecule is CC(=O)OCc1ccc(NC(=O)[C@H](CC(C)C)NC(=O)[C@H](CCC(=O)O)NC(=O)[C@@H](CC(=O)CCN2C(=O)C=CC2=O)C(C)O)cc1. The molecular formula is C32H42N4O11. The Morgan fingerprint density at radius 1 is 0.851 bits per heavy atom. The number of hydrogen-bond acceptors (Lipinski definition) is 10. The number of ketones is 1. The van der Waals surface area contributed by atoms with Crippen LogP contribution in [0.1, 0.15) is 65.4 Å². The van der Waals surface area contributed by atoms with Crippen molar-refractivity contribution in [3.05, 3.63) is 42.0 Å². The first-order valence-corrected chi connectivity index (χ1v) is 15.2. The molecule has 1 aliphatic rings. The van der Waals surface area contributed by atoms with Crippen LogP contribution in [-0.2, 0) is 49.7 Å². The van der Waals surface area contributed by atoms with Gasteiger partial charge >= 0.3 is 11.9 Å². The summed E-state index contributed by atoms with van der Waals surface area (Å²) in [5.74, 6) is -7.05. The smallest absolute Gasteiger partial charge is 0.303 e. The summed E-state index contributed by atoms with van der Waals surface area (Å²) >= 11 is 0. The van der Waals surface area contributed by atoms with E-state index in [0.29, 0.717) is 11.3 Å². The van der Waals surface area contributed by atoms with Crippen molar-refractivity contribution in [3.8, 4) is 0 Å². The van der Waals surface area contributed by atoms with E-state index in [1.807, 2.05) is 13.8 Å². The van der Waals surface area contributed by atoms with Crippen molar-refractivity contribution < 1.29 is 53.3 Å². The molecule has 1 heterocycles. The Bertz CT molecular complexity index is 1350. The Labute approximate surface area is 272 Å². The van der Waals surface area contributed by atoms with Gasteiger partial charge in [0, 0.05) is 50.6 Å². The summed E-state index contributed by atoms with van der Waals surface area (Å²) in [4.78, 5) is 99.2. The van der Waals surface area contributed by atoms with Crippen LogP contribution in [0.15, 0.2) is 36.4 Å². The average molecular weight is 659 g/mol. The molecule has 5 amide bonds. The molecule has 0 aromatic heterocycles. The Balaban J connectivity index is 2.12. The first kappa shape index (κ1) is 38.3. The lowest BCUT2D eigenvalue weighted by atomic mass is 9.94. The third-order valence-electron chi connectivity index (χ3n) is 7.16. The summed E-state index contributed by atoms with van der Waals surface area (Å²) in [6, 6.07) is 3.98. The molecule has 15 nitrogen and oxygen atoms in total. The number of aliphatic hydroxyl groups is 1. The molecule has 4 atom stereocenters. The Hall–Kier alpha value is -4.92. The number of nitrogens with one attached hydrogen (secondary N) is 3. The molecule has 0 saturated heterocycles. The predicted octanol–water partition coefficient (Wildman–Crippen LogP) is 0.840. The molecule has 5 N–H and O–H groups in total. The summed E-state index contributed by atoms with van der Waals surface area (Å²) < 4.78 is 4.95. The van der Waals surface area contributed by atoms with Crippen LogP contribution in [0, 0.1) is 11.8 Å². The maximum absolute atomic E-state index is 13.4. The molecule has 0 radical (unpaired) electrons. The normalized spacial score (nSPS) is 15.1. The van der Waals surface area contributed by atoms with Gasteiger partial charge in [-0.05, 0) is 43.4 Å². The number of benzene rings is 1. The number of carboxylic acids is 1. The molecule has 1 aromatic rings. The number of rotatable bonds is 19. The lowest BCUT2D eigenvalue weighted by Gasteiger charge is -2.26. The van der Waals surface area contributed by atoms with E-state index in [1.165, 1.54) is 13.8 Å². The van der Waals surface area contributed by atoms with Crippen molar-refractivity contribution in [2.24, 2.45) is 11.8 Å². The number of aliphatic hydroxyl groups excluding tert-OH is 1. The molecule has 2 rings (SSSR count). The highest BCUT2D eigenvalue weighted by Crippen LogP contribution is 2.16. The topological polar surface area (TPSA) is 226 Å². The van der Waals surface area contributed by atoms with Crippen molar-refractivity contribution >= 4 is 52.9 Å². The second kappa shape index (κ2) is 18.3. The van der Waals surface area contributed by atoms with E-state index < -0.39 is 84.2 Å². The van der Waals surface area contributed by atoms with Crippen LogP contribution in [0.25, 0.3) is 0 Å². The van der Waals surface area contributed by atoms with Crippen molar-refractivity contribution in [1.29, 1.82) is 0 Å². The minimum atomic E-state index is -1.43. The van der Waals surface area contributed by atoms with Gasteiger partial charge in [0.2, 0.25) is 17.7 Å². The highest BCUT2D eigenvalue weighted by Gasteiger charge is 2.33. The van der Waals surface area contributed by atoms with Crippen LogP contribution in [0.3, 0.4) is 0 Å². The molecule has 0 aliphatic carbocycles. The first-order valence-electron chi connectivity index (χ1n) is 15.2. The predicted molar refractivity (Wildman–Crippen MR) is 166 cm³/mol. The number of nitrogens with zero attached hydrogens (tertiary/aromatic N) is 1. The molecule has 0 saturated carbocycles. The van der Waals surface area contributed by atoms with Crippen molar-refractivity contribution in [2.75, 3.05) is 11.9 Å². The van der Waals surface area contributed by atoms with Gasteiger partial charge in [-0.3, -0.25) is 43.3 Å². The van der Waals surface area contributed by atoms with E-state index in [2.05, 4.69) is 16.0 Å². The van der Waals surface area contributed by atoms with Crippen LogP contribution < -0.4 is 16.0 Å². The number of esters is 1. The third kappa shape index (κ3) is 13.1. The molecule has 47 heavy (non-hydrogen) atoms. The molecule has 1 aliphatic heterocycles. The average Bonchev–Trinajstić information content (AvgIpc) is 3.31. The van der Waals surface area contributed by atoms with Crippen LogP contribution in [0.4, 0.5) is 5.69 Å². The summed E-state index contributed by atoms with van der Waals surface area (Å²) in [5.41, 5.74) is 1.09. The van der Waals surface area contributed by atoms with Crippen LogP contribution >= 0.6 is 0 Å². The fraction of sp³-hybridized carbons (Fsp3) is 0.500. The number of hydrogen-bond donors (Lipinski definition) is 5. The standard InChI is InChI=1S/C32H42N4O11/c1-18(2)15-26(32(46)33-22-7-5-21(6-8-22)17-47-20(4)38)35-31(45)25(9-12-29(42)43)34-30(44)24(19(3)37)16-23(39)13-14-36-27(40)10-11-28(36)41/h5-8,10-11,18-19,24-26,37H,9,12-17H2,1-4H3,(H,33,46)(H,34,44)(H,35,45)(H,42,43)/t19?,24-,25-,26-/m0/s1. The largest absolute Gasteiger partial charge is 0.481 e. The molecule has 0 fully saturated rings. The summed E-state index contributed by atoms with van der Waals surface area (Å²) in [7, 11) is 0. The number of Topliss-reactive ketones (excluding diaryl/α,β-unsaturated/α-hetero) is 1. The number of carbonyl (C=O) groups excluding carboxylic acids is 7. The van der Waals surface area contributed by atoms with Gasteiger partial charge in [-0.15, -0.1) is 0 Å². The zero-order valence-electron chi connectivity index (χ0n) is 26.8. The Morgan fingerprint density at radius 3 is 1.98 bits per heavy atom. The van der Waals surface area contributed by atoms with Gasteiger partial charge in [-0.2, -0.15) is 0 Å². The number of ether oxygens (including phenoxy) is 1. The van der Waals surface area contributed by atoms with Gasteiger partial charge in [-0.1, -0.05) is 26.0 Å². The number of carboxylic acid groups (broad SMARTS) is 1. The maximum atomic E-state index is 13.4. The van der Waals surface area contributed by atoms with Crippen LogP contribution in [0.2, 0.25) is 0 Å². The first-order chi connectivity index (χ1) is 22.1. The molecule has 0 bridgehead atoms. The van der Waals surface area contributed by atoms with E-state index in [-0.39, 0.29) is 38.3 Å². The van der Waals surface area contributed by atoms with Crippen molar-refractivity contribution in [1.82, 2.24) is 15.5 Å². The quantitative estimate of drug-likeness (QED) is 0.103. The molecule has 0 spiro atoms. The summed E-state index contributed by atoms with van der Waals surface area (Å²) in [6.07, 6.45) is -0.602. The molecular weight excluding hydrogens is 616 g/mol. The Morgan fingerprint density at radius 2 is 1.45 bits per heavy atom. The molecule has 1 unspecified atom stereocenters. The van der Waals surface area contributed by atoms with Gasteiger partial charge in [0.25, 0.3) is 11.8 Å². The van der Waals surface area contributed by atoms with Gasteiger partial charge < -0.3 is 30.9 Å². The molecule has 256 valence electrons. The number of amides is 5. The number of carbonyl (C=O) groups is 8. The fourth-order valence-corrected chi connectivity index (χ4v) is 4.61. The molecule has 15 heteroatoms. The van der Waals surface area contributed by atoms with Crippen LogP contribution in [0.5, 0.6) is 0 Å². The minimum Gasteiger partial charge on any atom is -0.481 e. The Kier molecular flexibility index (Phi) is 14.9. The van der Waals surface area contributed by atoms with Crippen molar-refractivity contribution in [3.63, 3.8) is 0 Å². The summed E-state index contributed by atoms with van der Waals surface area (Å²) in [6.45, 7) is 6.06. The fourth-order valence-electron chi connectivity index (χ4n) is 4.61. The summed E-state index contributed by atoms with van der Waals surface area (Å²) in [5, 5.41) is 27.2. The number of aliphatic carboxylic acids is 1. The monoisotopic (exact) mass is 658 g/mol. The van der Waals surface area contributed by atoms with E-state index in [9.17, 15) is 48.6 Å². The van der Waals surface area contributed by atoms with E-state index in [0.717, 1.165) is 17.1 Å². The second-order valence-corrected chi connectivity index (χ2v) is 11.7. The third-order valence-corrected chi connectivity index (χ3v) is 7.16.